The predicted octanol–water partition coefficient (Wildman–Crippen LogP) is 2.44. The van der Waals surface area contributed by atoms with Crippen LogP contribution in [0.2, 0.25) is 0 Å². The molecule has 1 N–H and O–H groups in total. The largest absolute Gasteiger partial charge is 0.497 e. The number of rotatable bonds is 7. The Hall–Kier alpha value is -1.88. The number of nitrogens with one attached hydrogen (secondary N) is 1. The molecule has 106 valence electrons. The molecule has 0 aliphatic heterocycles. The first-order chi connectivity index (χ1) is 9.78. The second-order valence-corrected chi connectivity index (χ2v) is 5.15. The molecular weight excluding hydrogens is 272 g/mol. The van der Waals surface area contributed by atoms with E-state index in [4.69, 9.17) is 4.74 Å². The standard InChI is InChI=1S/C15H18N2O2S/c1-19-14-5-2-12(3-6-14)8-9-16-15(18)7-4-13-10-20-11-17-13/h2-3,5-6,10-11H,4,7-9H2,1H3,(H,16,18). The van der Waals surface area contributed by atoms with Crippen LogP contribution in [0.3, 0.4) is 0 Å². The fraction of sp³-hybridized carbons (Fsp3) is 0.333. The summed E-state index contributed by atoms with van der Waals surface area (Å²) in [6.45, 7) is 0.655. The Morgan fingerprint density at radius 2 is 2.10 bits per heavy atom. The van der Waals surface area contributed by atoms with Crippen molar-refractivity contribution in [3.8, 4) is 5.75 Å². The normalized spacial score (nSPS) is 10.2. The van der Waals surface area contributed by atoms with Gasteiger partial charge in [0.1, 0.15) is 5.75 Å². The highest BCUT2D eigenvalue weighted by molar-refractivity contribution is 7.07. The zero-order chi connectivity index (χ0) is 14.2. The number of amides is 1. The number of hydrogen-bond donors (Lipinski definition) is 1. The number of methoxy groups -OCH3 is 1. The van der Waals surface area contributed by atoms with E-state index in [2.05, 4.69) is 10.3 Å². The third kappa shape index (κ3) is 4.66. The number of aryl methyl sites for hydroxylation is 1. The average molecular weight is 290 g/mol. The van der Waals surface area contributed by atoms with Gasteiger partial charge in [0, 0.05) is 18.3 Å². The smallest absolute Gasteiger partial charge is 0.220 e. The molecule has 0 aliphatic rings. The summed E-state index contributed by atoms with van der Waals surface area (Å²) in [5.74, 6) is 0.924. The average Bonchev–Trinajstić information content (AvgIpc) is 2.99. The van der Waals surface area contributed by atoms with Gasteiger partial charge in [-0.2, -0.15) is 0 Å². The van der Waals surface area contributed by atoms with Crippen LogP contribution in [0.25, 0.3) is 0 Å². The van der Waals surface area contributed by atoms with E-state index in [0.717, 1.165) is 17.9 Å². The van der Waals surface area contributed by atoms with E-state index in [9.17, 15) is 4.79 Å². The minimum atomic E-state index is 0.0755. The van der Waals surface area contributed by atoms with Crippen LogP contribution in [0, 0.1) is 0 Å². The molecule has 0 atom stereocenters. The van der Waals surface area contributed by atoms with Gasteiger partial charge in [0.15, 0.2) is 0 Å². The van der Waals surface area contributed by atoms with Gasteiger partial charge in [-0.1, -0.05) is 12.1 Å². The molecular formula is C15H18N2O2S. The highest BCUT2D eigenvalue weighted by Crippen LogP contribution is 2.11. The van der Waals surface area contributed by atoms with Crippen molar-refractivity contribution < 1.29 is 9.53 Å². The fourth-order valence-electron chi connectivity index (χ4n) is 1.83. The van der Waals surface area contributed by atoms with Crippen molar-refractivity contribution in [3.63, 3.8) is 0 Å². The minimum Gasteiger partial charge on any atom is -0.497 e. The van der Waals surface area contributed by atoms with E-state index in [-0.39, 0.29) is 5.91 Å². The van der Waals surface area contributed by atoms with Gasteiger partial charge in [-0.25, -0.2) is 4.98 Å². The third-order valence-corrected chi connectivity index (χ3v) is 3.62. The molecule has 0 bridgehead atoms. The van der Waals surface area contributed by atoms with Gasteiger partial charge in [-0.15, -0.1) is 11.3 Å². The molecule has 1 aromatic carbocycles. The molecule has 1 heterocycles. The summed E-state index contributed by atoms with van der Waals surface area (Å²) < 4.78 is 5.10. The lowest BCUT2D eigenvalue weighted by Crippen LogP contribution is -2.25. The van der Waals surface area contributed by atoms with Crippen LogP contribution in [0.1, 0.15) is 17.7 Å². The zero-order valence-electron chi connectivity index (χ0n) is 11.5. The van der Waals surface area contributed by atoms with E-state index < -0.39 is 0 Å². The summed E-state index contributed by atoms with van der Waals surface area (Å²) in [4.78, 5) is 15.8. The van der Waals surface area contributed by atoms with Crippen LogP contribution in [-0.2, 0) is 17.6 Å². The van der Waals surface area contributed by atoms with E-state index in [1.54, 1.807) is 24.0 Å². The molecule has 1 amide bonds. The lowest BCUT2D eigenvalue weighted by molar-refractivity contribution is -0.121. The Bertz CT molecular complexity index is 523. The van der Waals surface area contributed by atoms with Crippen LogP contribution in [-0.4, -0.2) is 24.5 Å². The van der Waals surface area contributed by atoms with E-state index >= 15 is 0 Å². The molecule has 1 aromatic heterocycles. The highest BCUT2D eigenvalue weighted by Gasteiger charge is 2.03. The van der Waals surface area contributed by atoms with Crippen molar-refractivity contribution in [3.05, 3.63) is 46.4 Å². The fourth-order valence-corrected chi connectivity index (χ4v) is 2.42. The first kappa shape index (κ1) is 14.5. The monoisotopic (exact) mass is 290 g/mol. The molecule has 20 heavy (non-hydrogen) atoms. The van der Waals surface area contributed by atoms with Crippen LogP contribution >= 0.6 is 11.3 Å². The van der Waals surface area contributed by atoms with Crippen molar-refractivity contribution in [2.75, 3.05) is 13.7 Å². The first-order valence-corrected chi connectivity index (χ1v) is 7.49. The summed E-state index contributed by atoms with van der Waals surface area (Å²) >= 11 is 1.56. The van der Waals surface area contributed by atoms with Crippen molar-refractivity contribution in [1.29, 1.82) is 0 Å². The molecule has 0 saturated carbocycles. The first-order valence-electron chi connectivity index (χ1n) is 6.54. The van der Waals surface area contributed by atoms with Gasteiger partial charge in [-0.3, -0.25) is 4.79 Å². The van der Waals surface area contributed by atoms with Gasteiger partial charge < -0.3 is 10.1 Å². The van der Waals surface area contributed by atoms with Crippen LogP contribution in [0.15, 0.2) is 35.2 Å². The SMILES string of the molecule is COc1ccc(CCNC(=O)CCc2cscn2)cc1. The summed E-state index contributed by atoms with van der Waals surface area (Å²) in [6.07, 6.45) is 2.02. The van der Waals surface area contributed by atoms with Crippen LogP contribution < -0.4 is 10.1 Å². The maximum absolute atomic E-state index is 11.7. The van der Waals surface area contributed by atoms with Crippen LogP contribution in [0.5, 0.6) is 5.75 Å². The third-order valence-electron chi connectivity index (χ3n) is 2.99. The number of hydrogen-bond acceptors (Lipinski definition) is 4. The quantitative estimate of drug-likeness (QED) is 0.852. The number of thiazole rings is 1. The second-order valence-electron chi connectivity index (χ2n) is 4.43. The maximum Gasteiger partial charge on any atom is 0.220 e. The molecule has 4 nitrogen and oxygen atoms in total. The second kappa shape index (κ2) is 7.65. The van der Waals surface area contributed by atoms with E-state index in [1.165, 1.54) is 5.56 Å². The Morgan fingerprint density at radius 1 is 1.30 bits per heavy atom. The molecule has 0 spiro atoms. The van der Waals surface area contributed by atoms with Crippen LogP contribution in [0.4, 0.5) is 0 Å². The molecule has 5 heteroatoms. The Morgan fingerprint density at radius 3 is 2.75 bits per heavy atom. The number of benzene rings is 1. The summed E-state index contributed by atoms with van der Waals surface area (Å²) in [5, 5.41) is 4.90. The Balaban J connectivity index is 1.65. The van der Waals surface area contributed by atoms with Crippen molar-refractivity contribution in [1.82, 2.24) is 10.3 Å². The lowest BCUT2D eigenvalue weighted by Gasteiger charge is -2.06. The maximum atomic E-state index is 11.7. The summed E-state index contributed by atoms with van der Waals surface area (Å²) in [6, 6.07) is 7.89. The Kier molecular flexibility index (Phi) is 5.55. The molecule has 0 unspecified atom stereocenters. The molecule has 0 aliphatic carbocycles. The number of carbonyl (C=O) groups excluding carboxylic acids is 1. The van der Waals surface area contributed by atoms with Gasteiger partial charge in [0.2, 0.25) is 5.91 Å². The summed E-state index contributed by atoms with van der Waals surface area (Å²) in [5.41, 5.74) is 3.96. The summed E-state index contributed by atoms with van der Waals surface area (Å²) in [7, 11) is 1.65. The van der Waals surface area contributed by atoms with Gasteiger partial charge in [0.05, 0.1) is 18.3 Å². The molecule has 2 aromatic rings. The van der Waals surface area contributed by atoms with Gasteiger partial charge in [0.25, 0.3) is 0 Å². The van der Waals surface area contributed by atoms with Crippen molar-refractivity contribution in [2.24, 2.45) is 0 Å². The van der Waals surface area contributed by atoms with Crippen molar-refractivity contribution in [2.45, 2.75) is 19.3 Å². The lowest BCUT2D eigenvalue weighted by atomic mass is 10.1. The Labute approximate surface area is 122 Å². The van der Waals surface area contributed by atoms with Gasteiger partial charge in [-0.05, 0) is 30.5 Å². The number of ether oxygens (including phenoxy) is 1. The van der Waals surface area contributed by atoms with Gasteiger partial charge >= 0.3 is 0 Å². The molecule has 0 fully saturated rings. The number of carbonyl (C=O) groups is 1. The zero-order valence-corrected chi connectivity index (χ0v) is 12.3. The highest BCUT2D eigenvalue weighted by atomic mass is 32.1. The van der Waals surface area contributed by atoms with Crippen molar-refractivity contribution >= 4 is 17.2 Å². The minimum absolute atomic E-state index is 0.0755. The topological polar surface area (TPSA) is 51.2 Å². The molecule has 2 rings (SSSR count). The van der Waals surface area contributed by atoms with E-state index in [0.29, 0.717) is 19.4 Å². The van der Waals surface area contributed by atoms with E-state index in [1.807, 2.05) is 29.6 Å². The predicted molar refractivity (Wildman–Crippen MR) is 80.1 cm³/mol. The molecule has 0 saturated heterocycles. The molecule has 0 radical (unpaired) electrons. The number of aromatic nitrogens is 1. The number of nitrogens with zero attached hydrogens (tertiary/aromatic N) is 1.